The maximum absolute atomic E-state index is 13.5. The molecule has 0 unspecified atom stereocenters. The fraction of sp³-hybridized carbons (Fsp3) is 0.381. The summed E-state index contributed by atoms with van der Waals surface area (Å²) < 4.78 is 44.1. The van der Waals surface area contributed by atoms with Crippen LogP contribution >= 0.6 is 0 Å². The summed E-state index contributed by atoms with van der Waals surface area (Å²) in [5.41, 5.74) is 0.640. The number of nitrogens with zero attached hydrogens (tertiary/aromatic N) is 2. The highest BCUT2D eigenvalue weighted by atomic mass is 32.2. The highest BCUT2D eigenvalue weighted by Crippen LogP contribution is 2.49. The minimum Gasteiger partial charge on any atom is -0.497 e. The number of amides is 1. The first-order valence-corrected chi connectivity index (χ1v) is 10.9. The number of likely N-dealkylation sites (N-methyl/N-ethyl adjacent to an activating group) is 1. The molecule has 2 heterocycles. The summed E-state index contributed by atoms with van der Waals surface area (Å²) in [7, 11) is 2.26. The normalized spacial score (nSPS) is 21.2. The lowest BCUT2D eigenvalue weighted by Gasteiger charge is -2.24. The van der Waals surface area contributed by atoms with Crippen LogP contribution in [0, 0.1) is 0 Å². The largest absolute Gasteiger partial charge is 0.497 e. The van der Waals surface area contributed by atoms with E-state index in [1.54, 1.807) is 37.3 Å². The van der Waals surface area contributed by atoms with Gasteiger partial charge in [-0.3, -0.25) is 4.79 Å². The van der Waals surface area contributed by atoms with Crippen molar-refractivity contribution in [3.05, 3.63) is 42.0 Å². The Hall–Kier alpha value is -2.78. The molecule has 2 aliphatic rings. The first-order valence-electron chi connectivity index (χ1n) is 9.47. The molecule has 0 N–H and O–H groups in total. The predicted octanol–water partition coefficient (Wildman–Crippen LogP) is 2.02. The number of benzene rings is 2. The van der Waals surface area contributed by atoms with Gasteiger partial charge in [-0.2, -0.15) is 4.31 Å². The molecule has 8 nitrogen and oxygen atoms in total. The number of methoxy groups -OCH3 is 3. The van der Waals surface area contributed by atoms with Gasteiger partial charge in [-0.1, -0.05) is 0 Å². The molecule has 0 bridgehead atoms. The van der Waals surface area contributed by atoms with E-state index >= 15 is 0 Å². The van der Waals surface area contributed by atoms with Crippen molar-refractivity contribution in [3.63, 3.8) is 0 Å². The molecule has 9 heteroatoms. The SMILES string of the molecule is COc1ccc2c(c1)[C@@]1(CCN(S(=O)(=O)c3cc(OC)ccc3OC)C1)C(=O)N2C. The number of fused-ring (bicyclic) bond motifs is 2. The van der Waals surface area contributed by atoms with Crippen LogP contribution in [-0.2, 0) is 20.2 Å². The summed E-state index contributed by atoms with van der Waals surface area (Å²) >= 11 is 0. The second-order valence-corrected chi connectivity index (χ2v) is 9.34. The second-order valence-electron chi connectivity index (χ2n) is 7.43. The van der Waals surface area contributed by atoms with Gasteiger partial charge in [0.15, 0.2) is 0 Å². The minimum absolute atomic E-state index is 0.0195. The summed E-state index contributed by atoms with van der Waals surface area (Å²) in [6.07, 6.45) is 0.391. The molecule has 1 atom stereocenters. The Labute approximate surface area is 176 Å². The minimum atomic E-state index is -3.91. The van der Waals surface area contributed by atoms with Gasteiger partial charge in [0.2, 0.25) is 15.9 Å². The average Bonchev–Trinajstić information content (AvgIpc) is 3.31. The lowest BCUT2D eigenvalue weighted by atomic mass is 9.81. The molecule has 0 saturated carbocycles. The van der Waals surface area contributed by atoms with Crippen LogP contribution < -0.4 is 19.1 Å². The number of sulfonamides is 1. The first kappa shape index (κ1) is 20.5. The molecule has 2 aromatic rings. The summed E-state index contributed by atoms with van der Waals surface area (Å²) in [5.74, 6) is 1.16. The third-order valence-electron chi connectivity index (χ3n) is 6.02. The lowest BCUT2D eigenvalue weighted by Crippen LogP contribution is -2.42. The molecule has 1 spiro atoms. The van der Waals surface area contributed by atoms with Crippen molar-refractivity contribution >= 4 is 21.6 Å². The number of rotatable bonds is 5. The summed E-state index contributed by atoms with van der Waals surface area (Å²) in [5, 5.41) is 0. The van der Waals surface area contributed by atoms with Crippen LogP contribution in [-0.4, -0.2) is 60.1 Å². The van der Waals surface area contributed by atoms with E-state index < -0.39 is 15.4 Å². The molecule has 1 fully saturated rings. The van der Waals surface area contributed by atoms with Crippen LogP contribution in [0.25, 0.3) is 0 Å². The number of carbonyl (C=O) groups is 1. The third-order valence-corrected chi connectivity index (χ3v) is 7.88. The smallest absolute Gasteiger partial charge is 0.246 e. The number of anilines is 1. The third kappa shape index (κ3) is 2.84. The summed E-state index contributed by atoms with van der Waals surface area (Å²) in [6, 6.07) is 10.1. The monoisotopic (exact) mass is 432 g/mol. The van der Waals surface area contributed by atoms with E-state index in [1.807, 2.05) is 12.1 Å². The zero-order chi connectivity index (χ0) is 21.7. The first-order chi connectivity index (χ1) is 14.3. The second kappa shape index (κ2) is 7.17. The van der Waals surface area contributed by atoms with Crippen molar-refractivity contribution in [1.29, 1.82) is 0 Å². The van der Waals surface area contributed by atoms with Gasteiger partial charge >= 0.3 is 0 Å². The standard InChI is InChI=1S/C21H24N2O6S/c1-22-17-7-5-14(27-2)11-16(17)21(20(22)24)9-10-23(13-21)30(25,26)19-12-15(28-3)6-8-18(19)29-4/h5-8,11-12H,9-10,13H2,1-4H3/t21-/m0/s1. The van der Waals surface area contributed by atoms with E-state index in [1.165, 1.54) is 24.6 Å². The van der Waals surface area contributed by atoms with Gasteiger partial charge in [0.1, 0.15) is 22.1 Å². The van der Waals surface area contributed by atoms with Crippen LogP contribution in [0.4, 0.5) is 5.69 Å². The molecular weight excluding hydrogens is 408 g/mol. The number of hydrogen-bond acceptors (Lipinski definition) is 6. The van der Waals surface area contributed by atoms with E-state index in [4.69, 9.17) is 14.2 Å². The molecule has 2 aliphatic heterocycles. The predicted molar refractivity (Wildman–Crippen MR) is 111 cm³/mol. The topological polar surface area (TPSA) is 85.4 Å². The molecule has 0 radical (unpaired) electrons. The fourth-order valence-electron chi connectivity index (χ4n) is 4.36. The number of ether oxygens (including phenoxy) is 3. The fourth-order valence-corrected chi connectivity index (χ4v) is 6.03. The number of carbonyl (C=O) groups excluding carboxylic acids is 1. The maximum Gasteiger partial charge on any atom is 0.246 e. The molecule has 1 amide bonds. The van der Waals surface area contributed by atoms with Crippen LogP contribution in [0.5, 0.6) is 17.2 Å². The van der Waals surface area contributed by atoms with Crippen molar-refractivity contribution in [2.45, 2.75) is 16.7 Å². The van der Waals surface area contributed by atoms with Gasteiger partial charge in [0.05, 0.1) is 26.7 Å². The Balaban J connectivity index is 1.76. The number of hydrogen-bond donors (Lipinski definition) is 0. The van der Waals surface area contributed by atoms with Gasteiger partial charge in [-0.15, -0.1) is 0 Å². The van der Waals surface area contributed by atoms with Gasteiger partial charge in [0, 0.05) is 31.9 Å². The summed E-state index contributed by atoms with van der Waals surface area (Å²) in [6.45, 7) is 0.276. The Bertz CT molecular complexity index is 1120. The Morgan fingerprint density at radius 1 is 0.967 bits per heavy atom. The lowest BCUT2D eigenvalue weighted by molar-refractivity contribution is -0.122. The van der Waals surface area contributed by atoms with E-state index in [0.29, 0.717) is 17.9 Å². The zero-order valence-corrected chi connectivity index (χ0v) is 18.2. The van der Waals surface area contributed by atoms with Crippen molar-refractivity contribution in [3.8, 4) is 17.2 Å². The quantitative estimate of drug-likeness (QED) is 0.719. The van der Waals surface area contributed by atoms with E-state index in [-0.39, 0.29) is 29.6 Å². The molecular formula is C21H24N2O6S. The van der Waals surface area contributed by atoms with Crippen LogP contribution in [0.3, 0.4) is 0 Å². The Morgan fingerprint density at radius 2 is 1.63 bits per heavy atom. The van der Waals surface area contributed by atoms with Crippen molar-refractivity contribution < 1.29 is 27.4 Å². The van der Waals surface area contributed by atoms with Gasteiger partial charge < -0.3 is 19.1 Å². The van der Waals surface area contributed by atoms with Crippen LogP contribution in [0.2, 0.25) is 0 Å². The highest BCUT2D eigenvalue weighted by Gasteiger charge is 2.55. The van der Waals surface area contributed by atoms with Gasteiger partial charge in [-0.25, -0.2) is 8.42 Å². The maximum atomic E-state index is 13.5. The zero-order valence-electron chi connectivity index (χ0n) is 17.3. The highest BCUT2D eigenvalue weighted by molar-refractivity contribution is 7.89. The van der Waals surface area contributed by atoms with E-state index in [0.717, 1.165) is 11.3 Å². The average molecular weight is 432 g/mol. The Kier molecular flexibility index (Phi) is 4.90. The molecule has 2 aromatic carbocycles. The molecule has 0 aromatic heterocycles. The summed E-state index contributed by atoms with van der Waals surface area (Å²) in [4.78, 5) is 14.9. The van der Waals surface area contributed by atoms with E-state index in [9.17, 15) is 13.2 Å². The molecule has 0 aliphatic carbocycles. The molecule has 1 saturated heterocycles. The van der Waals surface area contributed by atoms with Crippen LogP contribution in [0.15, 0.2) is 41.3 Å². The van der Waals surface area contributed by atoms with Crippen LogP contribution in [0.1, 0.15) is 12.0 Å². The van der Waals surface area contributed by atoms with Crippen molar-refractivity contribution in [2.75, 3.05) is 46.4 Å². The van der Waals surface area contributed by atoms with Crippen molar-refractivity contribution in [2.24, 2.45) is 0 Å². The van der Waals surface area contributed by atoms with Gasteiger partial charge in [-0.05, 0) is 42.3 Å². The van der Waals surface area contributed by atoms with E-state index in [2.05, 4.69) is 0 Å². The van der Waals surface area contributed by atoms with Gasteiger partial charge in [0.25, 0.3) is 0 Å². The molecule has 160 valence electrons. The molecule has 4 rings (SSSR count). The van der Waals surface area contributed by atoms with Crippen molar-refractivity contribution in [1.82, 2.24) is 4.31 Å². The Morgan fingerprint density at radius 3 is 2.30 bits per heavy atom. The molecule has 30 heavy (non-hydrogen) atoms.